The van der Waals surface area contributed by atoms with Crippen LogP contribution in [-0.4, -0.2) is 35.2 Å². The van der Waals surface area contributed by atoms with Crippen LogP contribution in [0.15, 0.2) is 11.6 Å². The molecule has 0 aromatic carbocycles. The van der Waals surface area contributed by atoms with Crippen LogP contribution in [0.4, 0.5) is 0 Å². The van der Waals surface area contributed by atoms with Gasteiger partial charge in [0, 0.05) is 25.2 Å². The molecule has 0 bridgehead atoms. The molecule has 0 spiro atoms. The molecule has 0 aromatic rings. The van der Waals surface area contributed by atoms with Crippen molar-refractivity contribution >= 4 is 11.6 Å². The van der Waals surface area contributed by atoms with Crippen molar-refractivity contribution in [3.05, 3.63) is 11.6 Å². The van der Waals surface area contributed by atoms with E-state index in [-0.39, 0.29) is 0 Å². The average molecular weight is 190 g/mol. The number of nitrogens with zero attached hydrogens (tertiary/aromatic N) is 1. The van der Waals surface area contributed by atoms with Gasteiger partial charge in [-0.05, 0) is 19.8 Å². The van der Waals surface area contributed by atoms with Crippen molar-refractivity contribution in [2.24, 2.45) is 0 Å². The van der Waals surface area contributed by atoms with Gasteiger partial charge in [-0.2, -0.15) is 0 Å². The SMILES string of the molecule is CC1(O)CCN(C/C=C/Cl)CC1. The van der Waals surface area contributed by atoms with Crippen molar-refractivity contribution in [2.75, 3.05) is 19.6 Å². The first-order chi connectivity index (χ1) is 5.64. The third kappa shape index (κ3) is 3.13. The van der Waals surface area contributed by atoms with Crippen LogP contribution in [-0.2, 0) is 0 Å². The minimum atomic E-state index is -0.443. The second kappa shape index (κ2) is 4.26. The number of likely N-dealkylation sites (tertiary alicyclic amines) is 1. The topological polar surface area (TPSA) is 23.5 Å². The molecule has 0 unspecified atom stereocenters. The van der Waals surface area contributed by atoms with Gasteiger partial charge in [-0.3, -0.25) is 4.90 Å². The lowest BCUT2D eigenvalue weighted by molar-refractivity contribution is -0.00244. The number of hydrogen-bond donors (Lipinski definition) is 1. The molecule has 3 heteroatoms. The first-order valence-corrected chi connectivity index (χ1v) is 4.78. The molecule has 1 saturated heterocycles. The van der Waals surface area contributed by atoms with Gasteiger partial charge in [0.2, 0.25) is 0 Å². The smallest absolute Gasteiger partial charge is 0.0644 e. The Morgan fingerprint density at radius 2 is 2.08 bits per heavy atom. The van der Waals surface area contributed by atoms with Crippen LogP contribution in [0.2, 0.25) is 0 Å². The van der Waals surface area contributed by atoms with Gasteiger partial charge in [-0.25, -0.2) is 0 Å². The predicted molar refractivity (Wildman–Crippen MR) is 51.3 cm³/mol. The van der Waals surface area contributed by atoms with Gasteiger partial charge in [0.05, 0.1) is 5.60 Å². The van der Waals surface area contributed by atoms with Crippen molar-refractivity contribution in [3.63, 3.8) is 0 Å². The van der Waals surface area contributed by atoms with Gasteiger partial charge in [0.1, 0.15) is 0 Å². The molecule has 0 aliphatic carbocycles. The second-order valence-corrected chi connectivity index (χ2v) is 3.91. The summed E-state index contributed by atoms with van der Waals surface area (Å²) in [6, 6.07) is 0. The van der Waals surface area contributed by atoms with E-state index >= 15 is 0 Å². The summed E-state index contributed by atoms with van der Waals surface area (Å²) in [5.74, 6) is 0. The Kier molecular flexibility index (Phi) is 3.56. The number of aliphatic hydroxyl groups is 1. The Morgan fingerprint density at radius 1 is 1.50 bits per heavy atom. The molecule has 1 fully saturated rings. The molecule has 0 atom stereocenters. The van der Waals surface area contributed by atoms with Crippen molar-refractivity contribution < 1.29 is 5.11 Å². The lowest BCUT2D eigenvalue weighted by Crippen LogP contribution is -2.42. The Morgan fingerprint density at radius 3 is 2.58 bits per heavy atom. The molecular formula is C9H16ClNO. The van der Waals surface area contributed by atoms with E-state index < -0.39 is 5.60 Å². The Labute approximate surface area is 78.8 Å². The van der Waals surface area contributed by atoms with Crippen LogP contribution in [0.5, 0.6) is 0 Å². The van der Waals surface area contributed by atoms with Gasteiger partial charge in [0.25, 0.3) is 0 Å². The molecule has 0 saturated carbocycles. The summed E-state index contributed by atoms with van der Waals surface area (Å²) in [5.41, 5.74) is 1.11. The summed E-state index contributed by atoms with van der Waals surface area (Å²) in [6.45, 7) is 4.74. The second-order valence-electron chi connectivity index (χ2n) is 3.66. The Balaban J connectivity index is 2.26. The van der Waals surface area contributed by atoms with Crippen molar-refractivity contribution in [1.82, 2.24) is 4.90 Å². The van der Waals surface area contributed by atoms with Gasteiger partial charge < -0.3 is 5.11 Å². The molecule has 2 nitrogen and oxygen atoms in total. The van der Waals surface area contributed by atoms with Crippen molar-refractivity contribution in [3.8, 4) is 0 Å². The van der Waals surface area contributed by atoms with Gasteiger partial charge in [-0.15, -0.1) is 0 Å². The van der Waals surface area contributed by atoms with E-state index in [0.717, 1.165) is 32.5 Å². The Hall–Kier alpha value is -0.0500. The van der Waals surface area contributed by atoms with Crippen LogP contribution in [0.1, 0.15) is 19.8 Å². The third-order valence-electron chi connectivity index (χ3n) is 2.39. The fourth-order valence-electron chi connectivity index (χ4n) is 1.41. The van der Waals surface area contributed by atoms with Crippen LogP contribution < -0.4 is 0 Å². The maximum Gasteiger partial charge on any atom is 0.0644 e. The maximum absolute atomic E-state index is 9.65. The van der Waals surface area contributed by atoms with Gasteiger partial charge in [-0.1, -0.05) is 17.7 Å². The average Bonchev–Trinajstić information content (AvgIpc) is 2.03. The zero-order chi connectivity index (χ0) is 9.03. The maximum atomic E-state index is 9.65. The number of halogens is 1. The van der Waals surface area contributed by atoms with Crippen LogP contribution >= 0.6 is 11.6 Å². The summed E-state index contributed by atoms with van der Waals surface area (Å²) < 4.78 is 0. The van der Waals surface area contributed by atoms with Gasteiger partial charge >= 0.3 is 0 Å². The summed E-state index contributed by atoms with van der Waals surface area (Å²) in [4.78, 5) is 2.29. The highest BCUT2D eigenvalue weighted by Gasteiger charge is 2.26. The van der Waals surface area contributed by atoms with Gasteiger partial charge in [0.15, 0.2) is 0 Å². The standard InChI is InChI=1S/C9H16ClNO/c1-9(12)3-7-11(8-4-9)6-2-5-10/h2,5,12H,3-4,6-8H2,1H3/b5-2+. The zero-order valence-corrected chi connectivity index (χ0v) is 8.22. The minimum absolute atomic E-state index is 0.443. The highest BCUT2D eigenvalue weighted by Crippen LogP contribution is 2.20. The molecular weight excluding hydrogens is 174 g/mol. The van der Waals surface area contributed by atoms with E-state index in [2.05, 4.69) is 4.90 Å². The molecule has 1 N–H and O–H groups in total. The fraction of sp³-hybridized carbons (Fsp3) is 0.778. The molecule has 0 amide bonds. The van der Waals surface area contributed by atoms with Crippen LogP contribution in [0.25, 0.3) is 0 Å². The van der Waals surface area contributed by atoms with E-state index in [4.69, 9.17) is 11.6 Å². The molecule has 12 heavy (non-hydrogen) atoms. The zero-order valence-electron chi connectivity index (χ0n) is 7.46. The summed E-state index contributed by atoms with van der Waals surface area (Å²) in [6.07, 6.45) is 3.66. The minimum Gasteiger partial charge on any atom is -0.390 e. The number of hydrogen-bond acceptors (Lipinski definition) is 2. The fourth-order valence-corrected chi connectivity index (χ4v) is 1.49. The van der Waals surface area contributed by atoms with E-state index in [9.17, 15) is 5.11 Å². The quantitative estimate of drug-likeness (QED) is 0.713. The number of rotatable bonds is 2. The molecule has 1 heterocycles. The molecule has 1 aliphatic rings. The number of piperidine rings is 1. The summed E-state index contributed by atoms with van der Waals surface area (Å²) in [7, 11) is 0. The first-order valence-electron chi connectivity index (χ1n) is 4.34. The Bertz CT molecular complexity index is 158. The normalized spacial score (nSPS) is 24.9. The molecule has 1 rings (SSSR count). The lowest BCUT2D eigenvalue weighted by atomic mass is 9.94. The van der Waals surface area contributed by atoms with Crippen LogP contribution in [0.3, 0.4) is 0 Å². The molecule has 0 aromatic heterocycles. The highest BCUT2D eigenvalue weighted by molar-refractivity contribution is 6.25. The molecule has 70 valence electrons. The van der Waals surface area contributed by atoms with Crippen LogP contribution in [0, 0.1) is 0 Å². The van der Waals surface area contributed by atoms with Crippen molar-refractivity contribution in [2.45, 2.75) is 25.4 Å². The molecule has 0 radical (unpaired) electrons. The van der Waals surface area contributed by atoms with E-state index in [1.807, 2.05) is 13.0 Å². The van der Waals surface area contributed by atoms with E-state index in [1.165, 1.54) is 0 Å². The third-order valence-corrected chi connectivity index (χ3v) is 2.56. The lowest BCUT2D eigenvalue weighted by Gasteiger charge is -2.35. The predicted octanol–water partition coefficient (Wildman–Crippen LogP) is 1.59. The summed E-state index contributed by atoms with van der Waals surface area (Å²) >= 11 is 5.42. The van der Waals surface area contributed by atoms with E-state index in [1.54, 1.807) is 5.54 Å². The largest absolute Gasteiger partial charge is 0.390 e. The van der Waals surface area contributed by atoms with Crippen molar-refractivity contribution in [1.29, 1.82) is 0 Å². The van der Waals surface area contributed by atoms with E-state index in [0.29, 0.717) is 0 Å². The molecule has 1 aliphatic heterocycles. The first kappa shape index (κ1) is 10.0. The summed E-state index contributed by atoms with van der Waals surface area (Å²) in [5, 5.41) is 9.65. The highest BCUT2D eigenvalue weighted by atomic mass is 35.5. The monoisotopic (exact) mass is 189 g/mol.